The fourth-order valence-corrected chi connectivity index (χ4v) is 4.74. The molecular weight excluding hydrogens is 382 g/mol. The van der Waals surface area contributed by atoms with Crippen molar-refractivity contribution >= 4 is 22.8 Å². The number of nitrogens with one attached hydrogen (secondary N) is 1. The summed E-state index contributed by atoms with van der Waals surface area (Å²) in [4.78, 5) is 24.5. The van der Waals surface area contributed by atoms with Crippen LogP contribution in [0.15, 0.2) is 24.7 Å². The van der Waals surface area contributed by atoms with Crippen molar-refractivity contribution in [2.75, 3.05) is 12.4 Å². The third-order valence-electron chi connectivity index (χ3n) is 6.00. The van der Waals surface area contributed by atoms with Crippen LogP contribution in [0.3, 0.4) is 0 Å². The first kappa shape index (κ1) is 17.9. The van der Waals surface area contributed by atoms with E-state index >= 15 is 0 Å². The lowest BCUT2D eigenvalue weighted by Crippen LogP contribution is -2.40. The number of fused-ring (bicyclic) bond motifs is 3. The number of anilines is 1. The second kappa shape index (κ2) is 6.71. The molecule has 0 radical (unpaired) electrons. The van der Waals surface area contributed by atoms with Crippen molar-refractivity contribution in [1.82, 2.24) is 24.7 Å². The van der Waals surface area contributed by atoms with Gasteiger partial charge in [0.15, 0.2) is 11.6 Å². The van der Waals surface area contributed by atoms with Gasteiger partial charge in [0.2, 0.25) is 0 Å². The average Bonchev–Trinajstić information content (AvgIpc) is 3.43. The molecule has 4 atom stereocenters. The van der Waals surface area contributed by atoms with Crippen LogP contribution < -0.4 is 5.32 Å². The van der Waals surface area contributed by atoms with Gasteiger partial charge in [-0.1, -0.05) is 0 Å². The fraction of sp³-hybridized carbons (Fsp3) is 0.421. The number of pyridine rings is 1. The zero-order chi connectivity index (χ0) is 20.1. The summed E-state index contributed by atoms with van der Waals surface area (Å²) in [5, 5.41) is 7.25. The summed E-state index contributed by atoms with van der Waals surface area (Å²) in [7, 11) is 1.37. The molecule has 2 aliphatic rings. The normalized spacial score (nSPS) is 25.5. The number of esters is 1. The van der Waals surface area contributed by atoms with Gasteiger partial charge in [-0.2, -0.15) is 14.8 Å². The lowest BCUT2D eigenvalue weighted by molar-refractivity contribution is -0.147. The van der Waals surface area contributed by atoms with E-state index in [1.165, 1.54) is 24.1 Å². The SMILES string of the molecule is COC(=O)[C@H]1C2CCC(C2)C1Nc1nc(-n2ncc3ncc(F)cc32)ncc1F. The summed E-state index contributed by atoms with van der Waals surface area (Å²) in [6.07, 6.45) is 6.44. The zero-order valence-electron chi connectivity index (χ0n) is 15.5. The third-order valence-corrected chi connectivity index (χ3v) is 6.00. The molecule has 10 heteroatoms. The number of methoxy groups -OCH3 is 1. The van der Waals surface area contributed by atoms with Crippen LogP contribution in [0.25, 0.3) is 17.0 Å². The van der Waals surface area contributed by atoms with E-state index in [0.29, 0.717) is 11.0 Å². The van der Waals surface area contributed by atoms with Crippen molar-refractivity contribution < 1.29 is 18.3 Å². The van der Waals surface area contributed by atoms with Gasteiger partial charge in [-0.25, -0.2) is 18.7 Å². The minimum atomic E-state index is -0.638. The van der Waals surface area contributed by atoms with E-state index in [9.17, 15) is 13.6 Å². The average molecular weight is 400 g/mol. The van der Waals surface area contributed by atoms with E-state index in [-0.39, 0.29) is 41.5 Å². The number of carbonyl (C=O) groups excluding carboxylic acids is 1. The molecule has 0 saturated heterocycles. The molecule has 2 bridgehead atoms. The second-order valence-electron chi connectivity index (χ2n) is 7.53. The second-order valence-corrected chi connectivity index (χ2v) is 7.53. The number of aromatic nitrogens is 5. The van der Waals surface area contributed by atoms with Gasteiger partial charge < -0.3 is 10.1 Å². The topological polar surface area (TPSA) is 94.8 Å². The molecule has 3 unspecified atom stereocenters. The molecule has 0 aliphatic heterocycles. The number of rotatable bonds is 4. The molecule has 3 heterocycles. The Labute approximate surface area is 164 Å². The van der Waals surface area contributed by atoms with Gasteiger partial charge in [0, 0.05) is 12.1 Å². The number of ether oxygens (including phenoxy) is 1. The molecule has 3 aromatic heterocycles. The zero-order valence-corrected chi connectivity index (χ0v) is 15.5. The smallest absolute Gasteiger partial charge is 0.311 e. The Morgan fingerprint density at radius 1 is 1.21 bits per heavy atom. The number of carbonyl (C=O) groups is 1. The third kappa shape index (κ3) is 2.90. The number of hydrogen-bond donors (Lipinski definition) is 1. The Bertz CT molecular complexity index is 1100. The van der Waals surface area contributed by atoms with Crippen molar-refractivity contribution in [2.45, 2.75) is 25.3 Å². The highest BCUT2D eigenvalue weighted by Crippen LogP contribution is 2.50. The standard InChI is InChI=1S/C19H18F2N6O2/c1-29-18(28)15-9-2-3-10(4-9)16(15)25-17-12(21)7-23-19(26-17)27-14-5-11(20)6-22-13(14)8-24-27/h5-10,15-16H,2-4H2,1H3,(H,23,25,26)/t9?,10?,15-,16?/m0/s1. The van der Waals surface area contributed by atoms with Crippen LogP contribution in [0.4, 0.5) is 14.6 Å². The van der Waals surface area contributed by atoms with E-state index in [1.807, 2.05) is 0 Å². The van der Waals surface area contributed by atoms with Gasteiger partial charge in [-0.15, -0.1) is 0 Å². The van der Waals surface area contributed by atoms with Crippen LogP contribution in [0, 0.1) is 29.4 Å². The molecule has 3 aromatic rings. The largest absolute Gasteiger partial charge is 0.469 e. The molecule has 5 rings (SSSR count). The number of nitrogens with zero attached hydrogens (tertiary/aromatic N) is 5. The highest BCUT2D eigenvalue weighted by atomic mass is 19.1. The summed E-state index contributed by atoms with van der Waals surface area (Å²) in [5.74, 6) is -1.24. The van der Waals surface area contributed by atoms with Crippen LogP contribution in [-0.4, -0.2) is 43.9 Å². The van der Waals surface area contributed by atoms with Crippen molar-refractivity contribution in [3.8, 4) is 5.95 Å². The minimum Gasteiger partial charge on any atom is -0.469 e. The van der Waals surface area contributed by atoms with E-state index in [2.05, 4.69) is 25.4 Å². The van der Waals surface area contributed by atoms with Gasteiger partial charge in [-0.05, 0) is 31.1 Å². The van der Waals surface area contributed by atoms with Crippen LogP contribution in [-0.2, 0) is 9.53 Å². The molecule has 0 spiro atoms. The van der Waals surface area contributed by atoms with Crippen molar-refractivity contribution in [2.24, 2.45) is 17.8 Å². The maximum atomic E-state index is 14.5. The molecule has 2 aliphatic carbocycles. The molecule has 150 valence electrons. The highest BCUT2D eigenvalue weighted by Gasteiger charge is 2.51. The minimum absolute atomic E-state index is 0.0190. The Kier molecular flexibility index (Phi) is 4.14. The molecule has 1 N–H and O–H groups in total. The van der Waals surface area contributed by atoms with Gasteiger partial charge in [-0.3, -0.25) is 4.79 Å². The highest BCUT2D eigenvalue weighted by molar-refractivity contribution is 5.76. The van der Waals surface area contributed by atoms with Crippen molar-refractivity contribution in [3.63, 3.8) is 0 Å². The quantitative estimate of drug-likeness (QED) is 0.673. The lowest BCUT2D eigenvalue weighted by Gasteiger charge is -2.30. The molecule has 0 aromatic carbocycles. The van der Waals surface area contributed by atoms with Gasteiger partial charge >= 0.3 is 5.97 Å². The van der Waals surface area contributed by atoms with Crippen LogP contribution in [0.1, 0.15) is 19.3 Å². The molecule has 2 fully saturated rings. The van der Waals surface area contributed by atoms with E-state index < -0.39 is 11.6 Å². The molecule has 8 nitrogen and oxygen atoms in total. The molecule has 29 heavy (non-hydrogen) atoms. The van der Waals surface area contributed by atoms with Gasteiger partial charge in [0.1, 0.15) is 11.3 Å². The van der Waals surface area contributed by atoms with Crippen LogP contribution in [0.5, 0.6) is 0 Å². The van der Waals surface area contributed by atoms with Gasteiger partial charge in [0.05, 0.1) is 37.1 Å². The van der Waals surface area contributed by atoms with E-state index in [1.54, 1.807) is 0 Å². The maximum absolute atomic E-state index is 14.5. The Morgan fingerprint density at radius 2 is 2.03 bits per heavy atom. The van der Waals surface area contributed by atoms with Gasteiger partial charge in [0.25, 0.3) is 5.95 Å². The Morgan fingerprint density at radius 3 is 2.86 bits per heavy atom. The number of hydrogen-bond acceptors (Lipinski definition) is 7. The van der Waals surface area contributed by atoms with Crippen molar-refractivity contribution in [1.29, 1.82) is 0 Å². The first-order valence-corrected chi connectivity index (χ1v) is 9.41. The summed E-state index contributed by atoms with van der Waals surface area (Å²) in [6, 6.07) is 1.00. The van der Waals surface area contributed by atoms with E-state index in [4.69, 9.17) is 4.74 Å². The maximum Gasteiger partial charge on any atom is 0.311 e. The predicted molar refractivity (Wildman–Crippen MR) is 98.1 cm³/mol. The first-order chi connectivity index (χ1) is 14.0. The molecular formula is C19H18F2N6O2. The summed E-state index contributed by atoms with van der Waals surface area (Å²) in [5.41, 5.74) is 0.836. The summed E-state index contributed by atoms with van der Waals surface area (Å²) < 4.78 is 34.4. The fourth-order valence-electron chi connectivity index (χ4n) is 4.74. The molecule has 2 saturated carbocycles. The summed E-state index contributed by atoms with van der Waals surface area (Å²) >= 11 is 0. The first-order valence-electron chi connectivity index (χ1n) is 9.41. The summed E-state index contributed by atoms with van der Waals surface area (Å²) in [6.45, 7) is 0. The monoisotopic (exact) mass is 400 g/mol. The Hall–Kier alpha value is -3.17. The van der Waals surface area contributed by atoms with E-state index in [0.717, 1.165) is 31.7 Å². The van der Waals surface area contributed by atoms with Crippen LogP contribution in [0.2, 0.25) is 0 Å². The number of halogens is 2. The Balaban J connectivity index is 1.50. The molecule has 0 amide bonds. The van der Waals surface area contributed by atoms with Crippen LogP contribution >= 0.6 is 0 Å². The predicted octanol–water partition coefficient (Wildman–Crippen LogP) is 2.49. The lowest BCUT2D eigenvalue weighted by atomic mass is 9.84. The van der Waals surface area contributed by atoms with Crippen molar-refractivity contribution in [3.05, 3.63) is 36.3 Å².